The van der Waals surface area contributed by atoms with Gasteiger partial charge in [0.25, 0.3) is 0 Å². The van der Waals surface area contributed by atoms with Crippen LogP contribution in [0.4, 0.5) is 5.82 Å². The predicted octanol–water partition coefficient (Wildman–Crippen LogP) is 4.84. The van der Waals surface area contributed by atoms with Crippen molar-refractivity contribution in [3.8, 4) is 0 Å². The molecule has 1 aromatic carbocycles. The molecule has 0 unspecified atom stereocenters. The lowest BCUT2D eigenvalue weighted by Crippen LogP contribution is -2.27. The van der Waals surface area contributed by atoms with Crippen LogP contribution in [-0.4, -0.2) is 24.0 Å². The van der Waals surface area contributed by atoms with E-state index in [2.05, 4.69) is 50.9 Å². The molecule has 2 rings (SSSR count). The lowest BCUT2D eigenvalue weighted by molar-refractivity contribution is 0.728. The number of alkyl halides is 1. The Morgan fingerprint density at radius 3 is 2.79 bits per heavy atom. The summed E-state index contributed by atoms with van der Waals surface area (Å²) < 4.78 is 1.11. The van der Waals surface area contributed by atoms with Crippen molar-refractivity contribution >= 4 is 44.1 Å². The summed E-state index contributed by atoms with van der Waals surface area (Å²) in [5.41, 5.74) is 0. The van der Waals surface area contributed by atoms with E-state index in [-0.39, 0.29) is 0 Å². The SMILES string of the molecule is CCCCN(CCCl)c1nccc2c(Br)cccc12. The van der Waals surface area contributed by atoms with Crippen molar-refractivity contribution in [1.82, 2.24) is 4.98 Å². The molecule has 0 saturated carbocycles. The predicted molar refractivity (Wildman–Crippen MR) is 87.3 cm³/mol. The van der Waals surface area contributed by atoms with Crippen LogP contribution < -0.4 is 4.90 Å². The first-order valence-electron chi connectivity index (χ1n) is 6.62. The number of halogens is 2. The van der Waals surface area contributed by atoms with E-state index >= 15 is 0 Å². The van der Waals surface area contributed by atoms with E-state index in [1.54, 1.807) is 0 Å². The molecule has 2 nitrogen and oxygen atoms in total. The van der Waals surface area contributed by atoms with Crippen LogP contribution in [0.3, 0.4) is 0 Å². The lowest BCUT2D eigenvalue weighted by Gasteiger charge is -2.24. The average molecular weight is 342 g/mol. The highest BCUT2D eigenvalue weighted by molar-refractivity contribution is 9.10. The number of hydrogen-bond acceptors (Lipinski definition) is 2. The second-order valence-corrected chi connectivity index (χ2v) is 5.73. The Morgan fingerprint density at radius 1 is 1.21 bits per heavy atom. The highest BCUT2D eigenvalue weighted by Crippen LogP contribution is 2.29. The molecular weight excluding hydrogens is 324 g/mol. The molecule has 0 radical (unpaired) electrons. The summed E-state index contributed by atoms with van der Waals surface area (Å²) in [7, 11) is 0. The zero-order valence-corrected chi connectivity index (χ0v) is 13.4. The van der Waals surface area contributed by atoms with Gasteiger partial charge in [0, 0.05) is 40.4 Å². The van der Waals surface area contributed by atoms with Crippen molar-refractivity contribution in [2.75, 3.05) is 23.9 Å². The van der Waals surface area contributed by atoms with E-state index in [1.807, 2.05) is 12.3 Å². The smallest absolute Gasteiger partial charge is 0.136 e. The van der Waals surface area contributed by atoms with Gasteiger partial charge in [-0.25, -0.2) is 4.98 Å². The van der Waals surface area contributed by atoms with Crippen LogP contribution in [0.5, 0.6) is 0 Å². The molecule has 0 spiro atoms. The maximum absolute atomic E-state index is 5.93. The molecule has 0 aliphatic heterocycles. The lowest BCUT2D eigenvalue weighted by atomic mass is 10.1. The number of rotatable bonds is 6. The first kappa shape index (κ1) is 14.6. The number of fused-ring (bicyclic) bond motifs is 1. The Kier molecular flexibility index (Phi) is 5.46. The van der Waals surface area contributed by atoms with Crippen molar-refractivity contribution in [2.24, 2.45) is 0 Å². The van der Waals surface area contributed by atoms with Gasteiger partial charge in [0.1, 0.15) is 5.82 Å². The fourth-order valence-electron chi connectivity index (χ4n) is 2.18. The van der Waals surface area contributed by atoms with Crippen LogP contribution >= 0.6 is 27.5 Å². The molecule has 1 aromatic heterocycles. The molecule has 0 saturated heterocycles. The third kappa shape index (κ3) is 3.40. The standard InChI is InChI=1S/C15H18BrClN2/c1-2-3-10-19(11-8-17)15-13-5-4-6-14(16)12(13)7-9-18-15/h4-7,9H,2-3,8,10-11H2,1H3. The van der Waals surface area contributed by atoms with Gasteiger partial charge in [-0.05, 0) is 18.6 Å². The summed E-state index contributed by atoms with van der Waals surface area (Å²) in [5.74, 6) is 1.66. The molecule has 102 valence electrons. The summed E-state index contributed by atoms with van der Waals surface area (Å²) >= 11 is 9.53. The molecule has 0 bridgehead atoms. The van der Waals surface area contributed by atoms with Crippen LogP contribution in [0, 0.1) is 0 Å². The van der Waals surface area contributed by atoms with Gasteiger partial charge in [0.05, 0.1) is 0 Å². The van der Waals surface area contributed by atoms with E-state index < -0.39 is 0 Å². The van der Waals surface area contributed by atoms with Crippen LogP contribution in [0.1, 0.15) is 19.8 Å². The third-order valence-electron chi connectivity index (χ3n) is 3.17. The monoisotopic (exact) mass is 340 g/mol. The van der Waals surface area contributed by atoms with Gasteiger partial charge in [0.2, 0.25) is 0 Å². The van der Waals surface area contributed by atoms with Crippen molar-refractivity contribution in [3.63, 3.8) is 0 Å². The van der Waals surface area contributed by atoms with Crippen molar-refractivity contribution < 1.29 is 0 Å². The first-order chi connectivity index (χ1) is 9.27. The van der Waals surface area contributed by atoms with Crippen molar-refractivity contribution in [3.05, 3.63) is 34.9 Å². The maximum atomic E-state index is 5.93. The summed E-state index contributed by atoms with van der Waals surface area (Å²) in [5, 5.41) is 2.38. The Balaban J connectivity index is 2.43. The van der Waals surface area contributed by atoms with Crippen LogP contribution in [0.2, 0.25) is 0 Å². The summed E-state index contributed by atoms with van der Waals surface area (Å²) in [6, 6.07) is 8.28. The molecule has 0 aliphatic carbocycles. The fourth-order valence-corrected chi connectivity index (χ4v) is 2.88. The third-order valence-corrected chi connectivity index (χ3v) is 4.03. The Bertz CT molecular complexity index is 545. The van der Waals surface area contributed by atoms with Gasteiger partial charge in [-0.3, -0.25) is 0 Å². The fraction of sp³-hybridized carbons (Fsp3) is 0.400. The van der Waals surface area contributed by atoms with Gasteiger partial charge in [0.15, 0.2) is 0 Å². The molecule has 0 fully saturated rings. The number of pyridine rings is 1. The van der Waals surface area contributed by atoms with E-state index in [4.69, 9.17) is 11.6 Å². The first-order valence-corrected chi connectivity index (χ1v) is 7.94. The Labute approximate surface area is 127 Å². The summed E-state index contributed by atoms with van der Waals surface area (Å²) in [6.45, 7) is 4.04. The average Bonchev–Trinajstić information content (AvgIpc) is 2.43. The van der Waals surface area contributed by atoms with Gasteiger partial charge >= 0.3 is 0 Å². The van der Waals surface area contributed by atoms with Crippen LogP contribution in [0.25, 0.3) is 10.8 Å². The van der Waals surface area contributed by atoms with E-state index in [0.717, 1.165) is 29.8 Å². The van der Waals surface area contributed by atoms with E-state index in [9.17, 15) is 0 Å². The number of nitrogens with zero attached hydrogens (tertiary/aromatic N) is 2. The molecule has 0 N–H and O–H groups in total. The number of aromatic nitrogens is 1. The topological polar surface area (TPSA) is 16.1 Å². The molecule has 19 heavy (non-hydrogen) atoms. The molecule has 1 heterocycles. The number of benzene rings is 1. The molecule has 0 aliphatic rings. The van der Waals surface area contributed by atoms with Gasteiger partial charge in [-0.15, -0.1) is 11.6 Å². The summed E-state index contributed by atoms with van der Waals surface area (Å²) in [6.07, 6.45) is 4.20. The highest BCUT2D eigenvalue weighted by atomic mass is 79.9. The quantitative estimate of drug-likeness (QED) is 0.699. The minimum atomic E-state index is 0.621. The number of unbranched alkanes of at least 4 members (excludes halogenated alkanes) is 1. The van der Waals surface area contributed by atoms with Crippen molar-refractivity contribution in [2.45, 2.75) is 19.8 Å². The van der Waals surface area contributed by atoms with Gasteiger partial charge < -0.3 is 4.90 Å². The number of anilines is 1. The zero-order valence-electron chi connectivity index (χ0n) is 11.1. The molecular formula is C15H18BrClN2. The normalized spacial score (nSPS) is 10.9. The summed E-state index contributed by atoms with van der Waals surface area (Å²) in [4.78, 5) is 6.85. The Morgan fingerprint density at radius 2 is 2.05 bits per heavy atom. The maximum Gasteiger partial charge on any atom is 0.136 e. The second kappa shape index (κ2) is 7.11. The number of hydrogen-bond donors (Lipinski definition) is 0. The van der Waals surface area contributed by atoms with Crippen LogP contribution in [0.15, 0.2) is 34.9 Å². The van der Waals surface area contributed by atoms with Crippen LogP contribution in [-0.2, 0) is 0 Å². The molecule has 0 amide bonds. The van der Waals surface area contributed by atoms with Crippen molar-refractivity contribution in [1.29, 1.82) is 0 Å². The molecule has 2 aromatic rings. The minimum Gasteiger partial charge on any atom is -0.355 e. The molecule has 4 heteroatoms. The molecule has 0 atom stereocenters. The van der Waals surface area contributed by atoms with Gasteiger partial charge in [-0.2, -0.15) is 0 Å². The second-order valence-electron chi connectivity index (χ2n) is 4.50. The Hall–Kier alpha value is -0.800. The van der Waals surface area contributed by atoms with E-state index in [0.29, 0.717) is 5.88 Å². The van der Waals surface area contributed by atoms with E-state index in [1.165, 1.54) is 17.2 Å². The highest BCUT2D eigenvalue weighted by Gasteiger charge is 2.11. The minimum absolute atomic E-state index is 0.621. The zero-order chi connectivity index (χ0) is 13.7. The van der Waals surface area contributed by atoms with Gasteiger partial charge in [-0.1, -0.05) is 41.4 Å². The largest absolute Gasteiger partial charge is 0.355 e.